The molecular weight excluding hydrogens is 490 g/mol. The van der Waals surface area contributed by atoms with E-state index < -0.39 is 6.04 Å². The number of hydrogen-bond acceptors (Lipinski definition) is 4. The molecule has 1 aliphatic rings. The topological polar surface area (TPSA) is 103 Å². The Kier molecular flexibility index (Phi) is 7.17. The van der Waals surface area contributed by atoms with Gasteiger partial charge in [0, 0.05) is 24.1 Å². The number of halogens is 1. The van der Waals surface area contributed by atoms with Crippen LogP contribution in [0.4, 0.5) is 0 Å². The van der Waals surface area contributed by atoms with Crippen LogP contribution in [0, 0.1) is 0 Å². The molecule has 3 aromatic carbocycles. The van der Waals surface area contributed by atoms with Gasteiger partial charge in [-0.05, 0) is 71.8 Å². The van der Waals surface area contributed by atoms with Crippen LogP contribution in [0.15, 0.2) is 60.8 Å². The van der Waals surface area contributed by atoms with Crippen molar-refractivity contribution in [3.05, 3.63) is 88.1 Å². The Bertz CT molecular complexity index is 1480. The third-order valence-corrected chi connectivity index (χ3v) is 7.03. The van der Waals surface area contributed by atoms with E-state index in [2.05, 4.69) is 15.6 Å². The van der Waals surface area contributed by atoms with Crippen LogP contribution >= 0.6 is 11.6 Å². The van der Waals surface area contributed by atoms with Crippen molar-refractivity contribution < 1.29 is 19.4 Å². The Morgan fingerprint density at radius 2 is 1.92 bits per heavy atom. The summed E-state index contributed by atoms with van der Waals surface area (Å²) < 4.78 is 5.93. The minimum Gasteiger partial charge on any atom is -0.492 e. The number of ether oxygens (including phenoxy) is 1. The Morgan fingerprint density at radius 1 is 1.08 bits per heavy atom. The fourth-order valence-corrected chi connectivity index (χ4v) is 5.09. The monoisotopic (exact) mass is 517 g/mol. The second-order valence-corrected chi connectivity index (χ2v) is 9.56. The number of benzene rings is 3. The molecule has 5 rings (SSSR count). The predicted octanol–water partition coefficient (Wildman–Crippen LogP) is 4.51. The zero-order valence-electron chi connectivity index (χ0n) is 20.4. The van der Waals surface area contributed by atoms with Gasteiger partial charge in [0.1, 0.15) is 5.75 Å². The third-order valence-electron chi connectivity index (χ3n) is 6.72. The highest BCUT2D eigenvalue weighted by Gasteiger charge is 2.24. The van der Waals surface area contributed by atoms with E-state index in [9.17, 15) is 14.7 Å². The SMILES string of the molecule is CNC(=O)c1ccc(-c2cc3c(c(C(=O)N[C@@H](CO)Cc4c[nH]c5ccccc45)c2)OCCC3)cc1Cl. The summed E-state index contributed by atoms with van der Waals surface area (Å²) in [5, 5.41) is 17.1. The number of para-hydroxylation sites is 1. The number of carbonyl (C=O) groups excluding carboxylic acids is 2. The van der Waals surface area contributed by atoms with Gasteiger partial charge in [-0.1, -0.05) is 35.9 Å². The molecule has 1 aliphatic heterocycles. The van der Waals surface area contributed by atoms with Crippen molar-refractivity contribution in [3.8, 4) is 16.9 Å². The molecule has 0 fully saturated rings. The molecule has 190 valence electrons. The van der Waals surface area contributed by atoms with Gasteiger partial charge in [-0.25, -0.2) is 0 Å². The number of H-pyrrole nitrogens is 1. The molecule has 37 heavy (non-hydrogen) atoms. The standard InChI is InChI=1S/C29H28ClN3O4/c1-31-28(35)23-9-8-17(14-25(23)30)19-11-18-5-4-10-37-27(18)24(13-19)29(36)33-21(16-34)12-20-15-32-26-7-3-2-6-22(20)26/h2-3,6-9,11,13-15,21,32,34H,4-5,10,12,16H2,1H3,(H,31,35)(H,33,36)/t21-/m1/s1. The zero-order valence-corrected chi connectivity index (χ0v) is 21.2. The Morgan fingerprint density at radius 3 is 2.70 bits per heavy atom. The van der Waals surface area contributed by atoms with Crippen LogP contribution in [-0.2, 0) is 12.8 Å². The first-order valence-electron chi connectivity index (χ1n) is 12.3. The molecule has 0 unspecified atom stereocenters. The normalized spacial score (nSPS) is 13.5. The van der Waals surface area contributed by atoms with Gasteiger partial charge in [-0.3, -0.25) is 9.59 Å². The molecule has 2 amide bonds. The van der Waals surface area contributed by atoms with Gasteiger partial charge >= 0.3 is 0 Å². The average molecular weight is 518 g/mol. The fourth-order valence-electron chi connectivity index (χ4n) is 4.82. The predicted molar refractivity (Wildman–Crippen MR) is 144 cm³/mol. The number of aromatic nitrogens is 1. The highest BCUT2D eigenvalue weighted by atomic mass is 35.5. The quantitative estimate of drug-likeness (QED) is 0.289. The molecule has 0 saturated carbocycles. The smallest absolute Gasteiger partial charge is 0.255 e. The molecule has 7 nitrogen and oxygen atoms in total. The fraction of sp³-hybridized carbons (Fsp3) is 0.241. The van der Waals surface area contributed by atoms with Crippen molar-refractivity contribution in [1.82, 2.24) is 15.6 Å². The molecule has 4 N–H and O–H groups in total. The van der Waals surface area contributed by atoms with Crippen molar-refractivity contribution in [3.63, 3.8) is 0 Å². The summed E-state index contributed by atoms with van der Waals surface area (Å²) in [4.78, 5) is 28.8. The number of rotatable bonds is 7. The lowest BCUT2D eigenvalue weighted by molar-refractivity contribution is 0.0910. The number of nitrogens with one attached hydrogen (secondary N) is 3. The second kappa shape index (κ2) is 10.7. The van der Waals surface area contributed by atoms with Crippen LogP contribution in [0.1, 0.15) is 38.3 Å². The molecular formula is C29H28ClN3O4. The highest BCUT2D eigenvalue weighted by Crippen LogP contribution is 2.35. The van der Waals surface area contributed by atoms with E-state index in [1.54, 1.807) is 25.2 Å². The van der Waals surface area contributed by atoms with Gasteiger partial charge in [0.15, 0.2) is 0 Å². The molecule has 1 atom stereocenters. The van der Waals surface area contributed by atoms with Crippen molar-refractivity contribution in [2.45, 2.75) is 25.3 Å². The van der Waals surface area contributed by atoms with Crippen LogP contribution in [-0.4, -0.2) is 48.2 Å². The molecule has 4 aromatic rings. The van der Waals surface area contributed by atoms with Crippen LogP contribution in [0.2, 0.25) is 5.02 Å². The molecule has 0 radical (unpaired) electrons. The number of amides is 2. The lowest BCUT2D eigenvalue weighted by Crippen LogP contribution is -2.39. The van der Waals surface area contributed by atoms with E-state index in [4.69, 9.17) is 16.3 Å². The maximum absolute atomic E-state index is 13.5. The van der Waals surface area contributed by atoms with Gasteiger partial charge in [0.25, 0.3) is 11.8 Å². The van der Waals surface area contributed by atoms with E-state index in [0.717, 1.165) is 46.0 Å². The maximum Gasteiger partial charge on any atom is 0.255 e. The number of aromatic amines is 1. The number of carbonyl (C=O) groups is 2. The van der Waals surface area contributed by atoms with E-state index in [1.165, 1.54) is 0 Å². The largest absolute Gasteiger partial charge is 0.492 e. The number of aryl methyl sites for hydroxylation is 1. The maximum atomic E-state index is 13.5. The first-order chi connectivity index (χ1) is 18.0. The number of aliphatic hydroxyl groups is 1. The molecule has 0 spiro atoms. The van der Waals surface area contributed by atoms with Crippen molar-refractivity contribution in [2.75, 3.05) is 20.3 Å². The lowest BCUT2D eigenvalue weighted by Gasteiger charge is -2.23. The van der Waals surface area contributed by atoms with E-state index in [0.29, 0.717) is 34.9 Å². The van der Waals surface area contributed by atoms with Crippen LogP contribution in [0.25, 0.3) is 22.0 Å². The molecule has 1 aromatic heterocycles. The summed E-state index contributed by atoms with van der Waals surface area (Å²) in [6, 6.07) is 16.5. The second-order valence-electron chi connectivity index (χ2n) is 9.15. The summed E-state index contributed by atoms with van der Waals surface area (Å²) in [7, 11) is 1.55. The van der Waals surface area contributed by atoms with Gasteiger partial charge < -0.3 is 25.5 Å². The molecule has 8 heteroatoms. The minimum absolute atomic E-state index is 0.204. The van der Waals surface area contributed by atoms with Crippen LogP contribution in [0.3, 0.4) is 0 Å². The molecule has 0 saturated heterocycles. The minimum atomic E-state index is -0.476. The Balaban J connectivity index is 1.45. The van der Waals surface area contributed by atoms with Gasteiger partial charge in [-0.2, -0.15) is 0 Å². The first-order valence-corrected chi connectivity index (χ1v) is 12.6. The van der Waals surface area contributed by atoms with E-state index >= 15 is 0 Å². The van der Waals surface area contributed by atoms with Crippen molar-refractivity contribution >= 4 is 34.3 Å². The molecule has 0 aliphatic carbocycles. The zero-order chi connectivity index (χ0) is 25.9. The van der Waals surface area contributed by atoms with Crippen molar-refractivity contribution in [1.29, 1.82) is 0 Å². The van der Waals surface area contributed by atoms with Gasteiger partial charge in [0.05, 0.1) is 35.4 Å². The van der Waals surface area contributed by atoms with Gasteiger partial charge in [0.2, 0.25) is 0 Å². The Labute approximate surface area is 219 Å². The average Bonchev–Trinajstić information content (AvgIpc) is 3.34. The summed E-state index contributed by atoms with van der Waals surface area (Å²) in [5.41, 5.74) is 5.36. The first kappa shape index (κ1) is 24.9. The van der Waals surface area contributed by atoms with Gasteiger partial charge in [-0.15, -0.1) is 0 Å². The van der Waals surface area contributed by atoms with Crippen LogP contribution in [0.5, 0.6) is 5.75 Å². The summed E-state index contributed by atoms with van der Waals surface area (Å²) >= 11 is 6.40. The summed E-state index contributed by atoms with van der Waals surface area (Å²) in [5.74, 6) is -0.00275. The third kappa shape index (κ3) is 5.05. The summed E-state index contributed by atoms with van der Waals surface area (Å²) in [6.45, 7) is 0.336. The van der Waals surface area contributed by atoms with Crippen LogP contribution < -0.4 is 15.4 Å². The lowest BCUT2D eigenvalue weighted by atomic mass is 9.94. The number of hydrogen-bond donors (Lipinski definition) is 4. The molecule has 2 heterocycles. The number of fused-ring (bicyclic) bond motifs is 2. The number of aliphatic hydroxyl groups excluding tert-OH is 1. The Hall–Kier alpha value is -3.81. The van der Waals surface area contributed by atoms with Crippen molar-refractivity contribution in [2.24, 2.45) is 0 Å². The van der Waals surface area contributed by atoms with E-state index in [-0.39, 0.29) is 18.4 Å². The highest BCUT2D eigenvalue weighted by molar-refractivity contribution is 6.34. The molecule has 0 bridgehead atoms. The van der Waals surface area contributed by atoms with E-state index in [1.807, 2.05) is 42.6 Å². The summed E-state index contributed by atoms with van der Waals surface area (Å²) in [6.07, 6.45) is 4.03.